The van der Waals surface area contributed by atoms with Gasteiger partial charge >= 0.3 is 0 Å². The zero-order chi connectivity index (χ0) is 21.5. The summed E-state index contributed by atoms with van der Waals surface area (Å²) in [5.41, 5.74) is 2.85. The van der Waals surface area contributed by atoms with E-state index in [4.69, 9.17) is 4.98 Å². The second-order valence-corrected chi connectivity index (χ2v) is 9.10. The lowest BCUT2D eigenvalue weighted by atomic mass is 9.77. The molecule has 3 heterocycles. The van der Waals surface area contributed by atoms with Gasteiger partial charge in [0, 0.05) is 26.2 Å². The molecule has 1 aromatic heterocycles. The number of rotatable bonds is 3. The van der Waals surface area contributed by atoms with Crippen LogP contribution < -0.4 is 4.90 Å². The zero-order valence-electron chi connectivity index (χ0n) is 18.1. The van der Waals surface area contributed by atoms with Crippen LogP contribution in [0.3, 0.4) is 0 Å². The molecule has 0 N–H and O–H groups in total. The average molecular weight is 423 g/mol. The fourth-order valence-corrected chi connectivity index (χ4v) is 5.41. The molecule has 160 valence electrons. The Morgan fingerprint density at radius 1 is 0.812 bits per heavy atom. The number of benzene rings is 3. The third-order valence-electron chi connectivity index (χ3n) is 7.32. The van der Waals surface area contributed by atoms with Gasteiger partial charge in [-0.25, -0.2) is 4.98 Å². The van der Waals surface area contributed by atoms with Gasteiger partial charge in [-0.05, 0) is 47.7 Å². The molecule has 32 heavy (non-hydrogen) atoms. The van der Waals surface area contributed by atoms with Crippen molar-refractivity contribution < 1.29 is 4.79 Å². The summed E-state index contributed by atoms with van der Waals surface area (Å²) >= 11 is 0. The number of hydrogen-bond acceptors (Lipinski definition) is 4. The van der Waals surface area contributed by atoms with Crippen LogP contribution in [0.5, 0.6) is 0 Å². The number of fused-ring (bicyclic) bond motifs is 2. The number of amides is 1. The van der Waals surface area contributed by atoms with Gasteiger partial charge in [-0.3, -0.25) is 9.78 Å². The van der Waals surface area contributed by atoms with Gasteiger partial charge in [-0.1, -0.05) is 54.6 Å². The molecule has 0 bridgehead atoms. The third kappa shape index (κ3) is 3.20. The van der Waals surface area contributed by atoms with E-state index < -0.39 is 0 Å². The van der Waals surface area contributed by atoms with Crippen molar-refractivity contribution in [3.63, 3.8) is 0 Å². The lowest BCUT2D eigenvalue weighted by Gasteiger charge is -2.38. The maximum atomic E-state index is 13.5. The van der Waals surface area contributed by atoms with Crippen LogP contribution in [-0.4, -0.2) is 40.4 Å². The maximum Gasteiger partial charge on any atom is 0.229 e. The highest BCUT2D eigenvalue weighted by Gasteiger charge is 2.48. The smallest absolute Gasteiger partial charge is 0.229 e. The standard InChI is InChI=1S/C27H26N4O/c32-26-27(14-17-31(26)19-21-8-5-7-20-6-1-2-9-22(20)21)12-15-30(16-13-27)25-18-28-23-10-3-4-11-24(23)29-25/h1-11,18H,12-17,19H2. The van der Waals surface area contributed by atoms with Gasteiger partial charge in [-0.15, -0.1) is 0 Å². The second kappa shape index (κ2) is 7.59. The molecule has 0 radical (unpaired) electrons. The van der Waals surface area contributed by atoms with Crippen LogP contribution in [0.25, 0.3) is 21.8 Å². The number of para-hydroxylation sites is 2. The van der Waals surface area contributed by atoms with E-state index in [1.165, 1.54) is 16.3 Å². The fraction of sp³-hybridized carbons (Fsp3) is 0.296. The Kier molecular flexibility index (Phi) is 4.56. The summed E-state index contributed by atoms with van der Waals surface area (Å²) in [6.45, 7) is 3.24. The molecule has 2 saturated heterocycles. The van der Waals surface area contributed by atoms with E-state index in [0.717, 1.165) is 55.7 Å². The molecule has 0 aliphatic carbocycles. The quantitative estimate of drug-likeness (QED) is 0.476. The van der Waals surface area contributed by atoms with Crippen LogP contribution in [0, 0.1) is 5.41 Å². The molecule has 2 aliphatic heterocycles. The Hall–Kier alpha value is -3.47. The molecule has 6 rings (SSSR count). The van der Waals surface area contributed by atoms with Crippen LogP contribution in [0.4, 0.5) is 5.82 Å². The minimum atomic E-state index is -0.217. The van der Waals surface area contributed by atoms with Crippen molar-refractivity contribution in [3.05, 3.63) is 78.5 Å². The minimum absolute atomic E-state index is 0.217. The molecule has 5 heteroatoms. The van der Waals surface area contributed by atoms with Gasteiger partial charge in [0.05, 0.1) is 22.6 Å². The van der Waals surface area contributed by atoms with Gasteiger partial charge < -0.3 is 9.80 Å². The first-order valence-corrected chi connectivity index (χ1v) is 11.4. The normalized spacial score (nSPS) is 18.2. The van der Waals surface area contributed by atoms with Gasteiger partial charge in [0.15, 0.2) is 0 Å². The number of anilines is 1. The molecule has 4 aromatic rings. The predicted molar refractivity (Wildman–Crippen MR) is 127 cm³/mol. The Morgan fingerprint density at radius 2 is 1.53 bits per heavy atom. The largest absolute Gasteiger partial charge is 0.355 e. The summed E-state index contributed by atoms with van der Waals surface area (Å²) < 4.78 is 0. The van der Waals surface area contributed by atoms with Crippen molar-refractivity contribution in [2.75, 3.05) is 24.5 Å². The molecule has 0 unspecified atom stereocenters. The van der Waals surface area contributed by atoms with Gasteiger partial charge in [0.2, 0.25) is 5.91 Å². The SMILES string of the molecule is O=C1N(Cc2cccc3ccccc23)CCC12CCN(c1cnc3ccccc3n1)CC2. The molecule has 0 saturated carbocycles. The van der Waals surface area contributed by atoms with E-state index >= 15 is 0 Å². The van der Waals surface area contributed by atoms with Crippen molar-refractivity contribution in [3.8, 4) is 0 Å². The first-order chi connectivity index (χ1) is 15.7. The monoisotopic (exact) mass is 422 g/mol. The first-order valence-electron chi connectivity index (χ1n) is 11.4. The lowest BCUT2D eigenvalue weighted by Crippen LogP contribution is -2.44. The first kappa shape index (κ1) is 19.2. The molecular formula is C27H26N4O. The summed E-state index contributed by atoms with van der Waals surface area (Å²) in [6.07, 6.45) is 4.58. The number of likely N-dealkylation sites (tertiary alicyclic amines) is 1. The highest BCUT2D eigenvalue weighted by atomic mass is 16.2. The van der Waals surface area contributed by atoms with E-state index in [-0.39, 0.29) is 5.41 Å². The van der Waals surface area contributed by atoms with Crippen LogP contribution in [0.1, 0.15) is 24.8 Å². The molecule has 1 amide bonds. The summed E-state index contributed by atoms with van der Waals surface area (Å²) in [5.74, 6) is 1.24. The Bertz CT molecular complexity index is 1300. The van der Waals surface area contributed by atoms with E-state index in [2.05, 4.69) is 57.2 Å². The number of carbonyl (C=O) groups is 1. The van der Waals surface area contributed by atoms with Crippen molar-refractivity contribution in [1.82, 2.24) is 14.9 Å². The van der Waals surface area contributed by atoms with Crippen molar-refractivity contribution in [2.24, 2.45) is 5.41 Å². The van der Waals surface area contributed by atoms with Crippen LogP contribution in [0.2, 0.25) is 0 Å². The Balaban J connectivity index is 1.17. The molecular weight excluding hydrogens is 396 g/mol. The van der Waals surface area contributed by atoms with Gasteiger partial charge in [-0.2, -0.15) is 0 Å². The summed E-state index contributed by atoms with van der Waals surface area (Å²) in [4.78, 5) is 27.2. The Labute approximate surface area is 187 Å². The number of hydrogen-bond donors (Lipinski definition) is 0. The van der Waals surface area contributed by atoms with Crippen molar-refractivity contribution >= 4 is 33.5 Å². The van der Waals surface area contributed by atoms with Gasteiger partial charge in [0.1, 0.15) is 5.82 Å². The topological polar surface area (TPSA) is 49.3 Å². The van der Waals surface area contributed by atoms with E-state index in [1.807, 2.05) is 30.5 Å². The highest BCUT2D eigenvalue weighted by molar-refractivity contribution is 5.88. The van der Waals surface area contributed by atoms with E-state index in [9.17, 15) is 4.79 Å². The van der Waals surface area contributed by atoms with Crippen LogP contribution in [-0.2, 0) is 11.3 Å². The number of carbonyl (C=O) groups excluding carboxylic acids is 1. The van der Waals surface area contributed by atoms with E-state index in [1.54, 1.807) is 0 Å². The molecule has 0 atom stereocenters. The lowest BCUT2D eigenvalue weighted by molar-refractivity contribution is -0.137. The van der Waals surface area contributed by atoms with Crippen LogP contribution in [0.15, 0.2) is 72.9 Å². The van der Waals surface area contributed by atoms with Crippen LogP contribution >= 0.6 is 0 Å². The second-order valence-electron chi connectivity index (χ2n) is 9.10. The Morgan fingerprint density at radius 3 is 2.41 bits per heavy atom. The number of nitrogens with zero attached hydrogens (tertiary/aromatic N) is 4. The molecule has 2 aliphatic rings. The molecule has 1 spiro atoms. The number of piperidine rings is 1. The summed E-state index contributed by atoms with van der Waals surface area (Å²) in [6, 6.07) is 22.8. The summed E-state index contributed by atoms with van der Waals surface area (Å²) in [5, 5.41) is 2.48. The highest BCUT2D eigenvalue weighted by Crippen LogP contribution is 2.43. The minimum Gasteiger partial charge on any atom is -0.355 e. The summed E-state index contributed by atoms with van der Waals surface area (Å²) in [7, 11) is 0. The van der Waals surface area contributed by atoms with Crippen molar-refractivity contribution in [1.29, 1.82) is 0 Å². The molecule has 5 nitrogen and oxygen atoms in total. The third-order valence-corrected chi connectivity index (χ3v) is 7.32. The number of aromatic nitrogens is 2. The molecule has 3 aromatic carbocycles. The molecule has 2 fully saturated rings. The maximum absolute atomic E-state index is 13.5. The van der Waals surface area contributed by atoms with Gasteiger partial charge in [0.25, 0.3) is 0 Å². The zero-order valence-corrected chi connectivity index (χ0v) is 18.1. The van der Waals surface area contributed by atoms with E-state index in [0.29, 0.717) is 12.5 Å². The predicted octanol–water partition coefficient (Wildman–Crippen LogP) is 4.80. The average Bonchev–Trinajstić information content (AvgIpc) is 3.14. The fourth-order valence-electron chi connectivity index (χ4n) is 5.41. The van der Waals surface area contributed by atoms with Crippen molar-refractivity contribution in [2.45, 2.75) is 25.8 Å².